The molecule has 0 fully saturated rings. The zero-order chi connectivity index (χ0) is 17.6. The number of sulfonamides is 1. The second-order valence-electron chi connectivity index (χ2n) is 5.36. The lowest BCUT2D eigenvalue weighted by molar-refractivity contribution is 0.609. The van der Waals surface area contributed by atoms with Crippen molar-refractivity contribution in [3.8, 4) is 11.5 Å². The highest BCUT2D eigenvalue weighted by atomic mass is 32.2. The molecule has 0 unspecified atom stereocenters. The summed E-state index contributed by atoms with van der Waals surface area (Å²) in [7, 11) is -3.68. The summed E-state index contributed by atoms with van der Waals surface area (Å²) in [5.74, 6) is 0.0196. The van der Waals surface area contributed by atoms with E-state index >= 15 is 0 Å². The third-order valence-electron chi connectivity index (χ3n) is 3.73. The molecular weight excluding hydrogens is 345 g/mol. The number of hydrogen-bond acceptors (Lipinski definition) is 4. The Morgan fingerprint density at radius 1 is 1.20 bits per heavy atom. The van der Waals surface area contributed by atoms with Gasteiger partial charge in [0.05, 0.1) is 27.6 Å². The number of anilines is 1. The molecule has 2 heterocycles. The fraction of sp³-hybridized carbons (Fsp3) is 0. The van der Waals surface area contributed by atoms with Crippen LogP contribution in [0.1, 0.15) is 0 Å². The molecule has 0 aliphatic carbocycles. The summed E-state index contributed by atoms with van der Waals surface area (Å²) in [6, 6.07) is 9.28. The van der Waals surface area contributed by atoms with Crippen LogP contribution < -0.4 is 4.72 Å². The largest absolute Gasteiger partial charge is 0.336 e. The number of fused-ring (bicyclic) bond motifs is 2. The fourth-order valence-electron chi connectivity index (χ4n) is 2.62. The molecule has 2 aromatic heterocycles. The van der Waals surface area contributed by atoms with Gasteiger partial charge in [-0.1, -0.05) is 12.6 Å². The monoisotopic (exact) mass is 357 g/mol. The second-order valence-corrected chi connectivity index (χ2v) is 6.99. The first kappa shape index (κ1) is 15.3. The number of nitrogens with zero attached hydrogens (tertiary/aromatic N) is 2. The van der Waals surface area contributed by atoms with Crippen molar-refractivity contribution < 1.29 is 12.8 Å². The van der Waals surface area contributed by atoms with E-state index in [2.05, 4.69) is 31.5 Å². The summed E-state index contributed by atoms with van der Waals surface area (Å²) in [4.78, 5) is 7.41. The van der Waals surface area contributed by atoms with Crippen molar-refractivity contribution in [2.24, 2.45) is 0 Å². The summed E-state index contributed by atoms with van der Waals surface area (Å²) in [6.07, 6.45) is 0. The molecule has 7 nitrogen and oxygen atoms in total. The van der Waals surface area contributed by atoms with Gasteiger partial charge in [-0.3, -0.25) is 9.82 Å². The molecule has 0 aliphatic rings. The average molecular weight is 357 g/mol. The van der Waals surface area contributed by atoms with E-state index in [1.807, 2.05) is 0 Å². The van der Waals surface area contributed by atoms with Crippen LogP contribution in [-0.2, 0) is 10.0 Å². The minimum absolute atomic E-state index is 0.341. The van der Waals surface area contributed by atoms with E-state index in [0.717, 1.165) is 5.41 Å². The van der Waals surface area contributed by atoms with Crippen LogP contribution in [0.25, 0.3) is 33.5 Å². The quantitative estimate of drug-likeness (QED) is 0.522. The van der Waals surface area contributed by atoms with Crippen molar-refractivity contribution in [1.29, 1.82) is 0 Å². The van der Waals surface area contributed by atoms with Gasteiger partial charge in [-0.25, -0.2) is 17.8 Å². The molecule has 0 spiro atoms. The Morgan fingerprint density at radius 3 is 2.84 bits per heavy atom. The van der Waals surface area contributed by atoms with Gasteiger partial charge < -0.3 is 4.98 Å². The molecule has 0 saturated heterocycles. The molecule has 3 N–H and O–H groups in total. The molecule has 2 aromatic carbocycles. The lowest BCUT2D eigenvalue weighted by Crippen LogP contribution is -2.08. The van der Waals surface area contributed by atoms with Crippen LogP contribution in [0.3, 0.4) is 0 Å². The number of imidazole rings is 1. The fourth-order valence-corrected chi connectivity index (χ4v) is 3.18. The van der Waals surface area contributed by atoms with E-state index in [1.165, 1.54) is 12.1 Å². The highest BCUT2D eigenvalue weighted by Gasteiger charge is 2.17. The van der Waals surface area contributed by atoms with Crippen LogP contribution in [0, 0.1) is 5.82 Å². The predicted octanol–water partition coefficient (Wildman–Crippen LogP) is 3.13. The van der Waals surface area contributed by atoms with Gasteiger partial charge in [-0.05, 0) is 30.3 Å². The van der Waals surface area contributed by atoms with E-state index in [4.69, 9.17) is 0 Å². The first-order valence-electron chi connectivity index (χ1n) is 7.25. The molecule has 0 bridgehead atoms. The summed E-state index contributed by atoms with van der Waals surface area (Å²) in [6.45, 7) is 3.29. The van der Waals surface area contributed by atoms with E-state index in [9.17, 15) is 12.8 Å². The Morgan fingerprint density at radius 2 is 2.04 bits per heavy atom. The van der Waals surface area contributed by atoms with Gasteiger partial charge in [-0.2, -0.15) is 5.10 Å². The van der Waals surface area contributed by atoms with Crippen molar-refractivity contribution in [3.63, 3.8) is 0 Å². The maximum atomic E-state index is 13.4. The van der Waals surface area contributed by atoms with Crippen LogP contribution in [0.2, 0.25) is 0 Å². The molecular formula is C16H12FN5O2S. The lowest BCUT2D eigenvalue weighted by atomic mass is 10.1. The second kappa shape index (κ2) is 5.42. The van der Waals surface area contributed by atoms with Gasteiger partial charge >= 0.3 is 0 Å². The first-order valence-corrected chi connectivity index (χ1v) is 8.79. The number of H-pyrrole nitrogens is 2. The van der Waals surface area contributed by atoms with Crippen LogP contribution in [0.15, 0.2) is 48.4 Å². The highest BCUT2D eigenvalue weighted by molar-refractivity contribution is 7.95. The van der Waals surface area contributed by atoms with Gasteiger partial charge in [-0.15, -0.1) is 0 Å². The van der Waals surface area contributed by atoms with Gasteiger partial charge in [0.15, 0.2) is 5.82 Å². The van der Waals surface area contributed by atoms with E-state index < -0.39 is 10.0 Å². The summed E-state index contributed by atoms with van der Waals surface area (Å²) >= 11 is 0. The van der Waals surface area contributed by atoms with Crippen molar-refractivity contribution in [1.82, 2.24) is 20.2 Å². The topological polar surface area (TPSA) is 104 Å². The Kier molecular flexibility index (Phi) is 3.32. The Hall–Kier alpha value is -3.20. The Labute approximate surface area is 141 Å². The molecule has 0 radical (unpaired) electrons. The normalized spacial score (nSPS) is 11.9. The molecule has 126 valence electrons. The van der Waals surface area contributed by atoms with Crippen LogP contribution in [0.4, 0.5) is 10.1 Å². The van der Waals surface area contributed by atoms with Crippen molar-refractivity contribution in [3.05, 3.63) is 54.2 Å². The van der Waals surface area contributed by atoms with Crippen LogP contribution in [-0.4, -0.2) is 28.6 Å². The number of halogens is 1. The van der Waals surface area contributed by atoms with E-state index in [0.29, 0.717) is 39.1 Å². The maximum Gasteiger partial charge on any atom is 0.254 e. The Balaban J connectivity index is 1.93. The molecule has 4 rings (SSSR count). The Bertz CT molecular complexity index is 1230. The van der Waals surface area contributed by atoms with Gasteiger partial charge in [0.1, 0.15) is 11.5 Å². The third-order valence-corrected chi connectivity index (χ3v) is 4.67. The standard InChI is InChI=1S/C16H12FN5O2S/c1-2-25(23,24)22-12-5-3-4-11-14(12)15(21-20-11)16-18-10-7-6-9(17)8-13(10)19-16/h2-8,22H,1H2,(H,18,19)(H,20,21). The number of aromatic nitrogens is 4. The molecule has 0 amide bonds. The number of benzene rings is 2. The number of rotatable bonds is 4. The number of hydrogen-bond donors (Lipinski definition) is 3. The van der Waals surface area contributed by atoms with Gasteiger partial charge in [0.25, 0.3) is 10.0 Å². The van der Waals surface area contributed by atoms with E-state index in [1.54, 1.807) is 24.3 Å². The predicted molar refractivity (Wildman–Crippen MR) is 93.9 cm³/mol. The SMILES string of the molecule is C=CS(=O)(=O)Nc1cccc2[nH]nc(-c3nc4ccc(F)cc4[nH]3)c12. The summed E-state index contributed by atoms with van der Waals surface area (Å²) in [5, 5.41) is 8.45. The van der Waals surface area contributed by atoms with Gasteiger partial charge in [0, 0.05) is 5.41 Å². The van der Waals surface area contributed by atoms with Crippen molar-refractivity contribution >= 4 is 37.6 Å². The van der Waals surface area contributed by atoms with Gasteiger partial charge in [0.2, 0.25) is 0 Å². The first-order chi connectivity index (χ1) is 12.0. The zero-order valence-corrected chi connectivity index (χ0v) is 13.6. The average Bonchev–Trinajstić information content (AvgIpc) is 3.18. The van der Waals surface area contributed by atoms with Crippen LogP contribution >= 0.6 is 0 Å². The third kappa shape index (κ3) is 2.64. The highest BCUT2D eigenvalue weighted by Crippen LogP contribution is 2.32. The van der Waals surface area contributed by atoms with Crippen molar-refractivity contribution in [2.75, 3.05) is 4.72 Å². The number of nitrogens with one attached hydrogen (secondary N) is 3. The minimum atomic E-state index is -3.68. The maximum absolute atomic E-state index is 13.4. The molecule has 25 heavy (non-hydrogen) atoms. The molecule has 0 saturated carbocycles. The molecule has 0 atom stereocenters. The molecule has 4 aromatic rings. The summed E-state index contributed by atoms with van der Waals surface area (Å²) < 4.78 is 39.5. The van der Waals surface area contributed by atoms with Crippen molar-refractivity contribution in [2.45, 2.75) is 0 Å². The smallest absolute Gasteiger partial charge is 0.254 e. The summed E-state index contributed by atoms with van der Waals surface area (Å²) in [5.41, 5.74) is 2.50. The molecule has 0 aliphatic heterocycles. The minimum Gasteiger partial charge on any atom is -0.336 e. The number of aromatic amines is 2. The molecule has 9 heteroatoms. The lowest BCUT2D eigenvalue weighted by Gasteiger charge is -2.06. The van der Waals surface area contributed by atoms with E-state index in [-0.39, 0.29) is 5.82 Å². The van der Waals surface area contributed by atoms with Crippen LogP contribution in [0.5, 0.6) is 0 Å². The zero-order valence-electron chi connectivity index (χ0n) is 12.7.